The van der Waals surface area contributed by atoms with Gasteiger partial charge in [0.15, 0.2) is 5.96 Å². The first-order chi connectivity index (χ1) is 19.2. The third kappa shape index (κ3) is 10.4. The number of benzene rings is 1. The number of aliphatic imine (C=N–C) groups is 1. The van der Waals surface area contributed by atoms with Crippen LogP contribution in [0.3, 0.4) is 0 Å². The lowest BCUT2D eigenvalue weighted by atomic mass is 9.96. The van der Waals surface area contributed by atoms with Crippen LogP contribution < -0.4 is 27.4 Å². The second-order valence-corrected chi connectivity index (χ2v) is 9.36. The van der Waals surface area contributed by atoms with Crippen LogP contribution in [0, 0.1) is 5.92 Å². The van der Waals surface area contributed by atoms with Gasteiger partial charge in [-0.2, -0.15) is 0 Å². The molecule has 216 valence electrons. The number of pyridine rings is 1. The maximum Gasteiger partial charge on any atom is 0.328 e. The third-order valence-corrected chi connectivity index (χ3v) is 6.37. The molecule has 0 fully saturated rings. The van der Waals surface area contributed by atoms with Crippen molar-refractivity contribution in [2.75, 3.05) is 13.7 Å². The van der Waals surface area contributed by atoms with Gasteiger partial charge in [-0.1, -0.05) is 50.6 Å². The summed E-state index contributed by atoms with van der Waals surface area (Å²) in [7, 11) is 1.23. The van der Waals surface area contributed by atoms with Gasteiger partial charge in [-0.05, 0) is 36.5 Å². The number of nitrogens with one attached hydrogen (secondary N) is 3. The molecule has 0 bridgehead atoms. The molecule has 3 amide bonds. The van der Waals surface area contributed by atoms with Crippen molar-refractivity contribution in [1.29, 1.82) is 0 Å². The minimum absolute atomic E-state index is 0.0705. The molecule has 0 unspecified atom stereocenters. The number of carbonyl (C=O) groups excluding carboxylic acids is 4. The summed E-state index contributed by atoms with van der Waals surface area (Å²) in [6.45, 7) is 3.97. The van der Waals surface area contributed by atoms with E-state index in [-0.39, 0.29) is 31.3 Å². The summed E-state index contributed by atoms with van der Waals surface area (Å²) in [5, 5.41) is 8.26. The molecule has 0 aliphatic carbocycles. The van der Waals surface area contributed by atoms with Crippen LogP contribution in [0.4, 0.5) is 0 Å². The zero-order chi connectivity index (χ0) is 29.5. The van der Waals surface area contributed by atoms with Gasteiger partial charge in [-0.15, -0.1) is 0 Å². The van der Waals surface area contributed by atoms with Crippen LogP contribution >= 0.6 is 0 Å². The lowest BCUT2D eigenvalue weighted by molar-refractivity contribution is -0.145. The molecule has 7 N–H and O–H groups in total. The Morgan fingerprint density at radius 2 is 1.70 bits per heavy atom. The SMILES string of the molecule is CC[C@H](C)[C@H](NC(=O)[C@H](Cc1ccccc1)NC(=O)c1cccnc1)C(=O)N[C@@H](CCCN=C(N)N)C(=O)OC. The molecular formula is C28H39N7O5. The number of nitrogens with zero attached hydrogens (tertiary/aromatic N) is 2. The minimum atomic E-state index is -0.981. The van der Waals surface area contributed by atoms with Gasteiger partial charge >= 0.3 is 5.97 Å². The predicted molar refractivity (Wildman–Crippen MR) is 151 cm³/mol. The van der Waals surface area contributed by atoms with Gasteiger partial charge in [0.2, 0.25) is 11.8 Å². The third-order valence-electron chi connectivity index (χ3n) is 6.37. The van der Waals surface area contributed by atoms with E-state index in [2.05, 4.69) is 25.9 Å². The molecule has 0 aliphatic heterocycles. The van der Waals surface area contributed by atoms with E-state index in [0.717, 1.165) is 5.56 Å². The number of esters is 1. The molecule has 12 nitrogen and oxygen atoms in total. The molecule has 12 heteroatoms. The summed E-state index contributed by atoms with van der Waals surface area (Å²) >= 11 is 0. The number of ether oxygens (including phenoxy) is 1. The highest BCUT2D eigenvalue weighted by molar-refractivity contribution is 5.98. The summed E-state index contributed by atoms with van der Waals surface area (Å²) in [6.07, 6.45) is 4.36. The number of amides is 3. The van der Waals surface area contributed by atoms with Crippen LogP contribution in [-0.4, -0.2) is 66.4 Å². The van der Waals surface area contributed by atoms with E-state index < -0.39 is 41.8 Å². The lowest BCUT2D eigenvalue weighted by Crippen LogP contribution is -2.58. The Bertz CT molecular complexity index is 1140. The first kappa shape index (κ1) is 31.7. The molecule has 0 spiro atoms. The van der Waals surface area contributed by atoms with Crippen molar-refractivity contribution in [3.8, 4) is 0 Å². The van der Waals surface area contributed by atoms with Crippen molar-refractivity contribution in [3.63, 3.8) is 0 Å². The van der Waals surface area contributed by atoms with E-state index in [1.807, 2.05) is 44.2 Å². The Kier molecular flexibility index (Phi) is 13.1. The number of guanidine groups is 1. The van der Waals surface area contributed by atoms with Crippen molar-refractivity contribution < 1.29 is 23.9 Å². The Morgan fingerprint density at radius 3 is 2.30 bits per heavy atom. The molecule has 1 aromatic carbocycles. The Morgan fingerprint density at radius 1 is 0.975 bits per heavy atom. The molecule has 1 aromatic heterocycles. The van der Waals surface area contributed by atoms with E-state index in [1.54, 1.807) is 18.3 Å². The quantitative estimate of drug-likeness (QED) is 0.0919. The van der Waals surface area contributed by atoms with Gasteiger partial charge in [-0.25, -0.2) is 4.79 Å². The fourth-order valence-electron chi connectivity index (χ4n) is 3.91. The van der Waals surface area contributed by atoms with Gasteiger partial charge in [-0.3, -0.25) is 24.4 Å². The maximum absolute atomic E-state index is 13.5. The number of nitrogens with two attached hydrogens (primary N) is 2. The van der Waals surface area contributed by atoms with Crippen molar-refractivity contribution in [2.45, 2.75) is 57.7 Å². The van der Waals surface area contributed by atoms with Gasteiger partial charge in [0.25, 0.3) is 5.91 Å². The average molecular weight is 554 g/mol. The number of aromatic nitrogens is 1. The molecule has 40 heavy (non-hydrogen) atoms. The molecule has 0 saturated carbocycles. The van der Waals surface area contributed by atoms with E-state index in [1.165, 1.54) is 13.3 Å². The van der Waals surface area contributed by atoms with Gasteiger partial charge in [0, 0.05) is 25.4 Å². The molecule has 4 atom stereocenters. The Hall–Kier alpha value is -4.48. The largest absolute Gasteiger partial charge is 0.467 e. The topological polar surface area (TPSA) is 191 Å². The van der Waals surface area contributed by atoms with Gasteiger partial charge in [0.1, 0.15) is 18.1 Å². The highest BCUT2D eigenvalue weighted by Gasteiger charge is 2.32. The summed E-state index contributed by atoms with van der Waals surface area (Å²) in [4.78, 5) is 60.0. The lowest BCUT2D eigenvalue weighted by Gasteiger charge is -2.28. The molecule has 2 aromatic rings. The van der Waals surface area contributed by atoms with Crippen molar-refractivity contribution >= 4 is 29.7 Å². The second kappa shape index (κ2) is 16.5. The van der Waals surface area contributed by atoms with Crippen LogP contribution in [0.25, 0.3) is 0 Å². The number of hydrogen-bond acceptors (Lipinski definition) is 7. The summed E-state index contributed by atoms with van der Waals surface area (Å²) in [6, 6.07) is 9.52. The zero-order valence-corrected chi connectivity index (χ0v) is 23.1. The van der Waals surface area contributed by atoms with Crippen LogP contribution in [-0.2, 0) is 25.5 Å². The first-order valence-electron chi connectivity index (χ1n) is 13.1. The van der Waals surface area contributed by atoms with E-state index in [9.17, 15) is 19.2 Å². The monoisotopic (exact) mass is 553 g/mol. The normalized spacial score (nSPS) is 13.6. The predicted octanol–water partition coefficient (Wildman–Crippen LogP) is 0.665. The highest BCUT2D eigenvalue weighted by Crippen LogP contribution is 2.12. The zero-order valence-electron chi connectivity index (χ0n) is 23.1. The number of rotatable bonds is 15. The number of carbonyl (C=O) groups is 4. The molecular weight excluding hydrogens is 514 g/mol. The van der Waals surface area contributed by atoms with Crippen LogP contribution in [0.15, 0.2) is 59.9 Å². The van der Waals surface area contributed by atoms with Gasteiger partial charge < -0.3 is 32.2 Å². The molecule has 0 aliphatic rings. The van der Waals surface area contributed by atoms with Crippen molar-refractivity contribution in [2.24, 2.45) is 22.4 Å². The Labute approximate surface area is 234 Å². The molecule has 1 heterocycles. The number of hydrogen-bond donors (Lipinski definition) is 5. The van der Waals surface area contributed by atoms with Crippen molar-refractivity contribution in [1.82, 2.24) is 20.9 Å². The first-order valence-corrected chi connectivity index (χ1v) is 13.1. The fraction of sp³-hybridized carbons (Fsp3) is 0.429. The minimum Gasteiger partial charge on any atom is -0.467 e. The maximum atomic E-state index is 13.5. The Balaban J connectivity index is 2.22. The van der Waals surface area contributed by atoms with E-state index in [0.29, 0.717) is 18.4 Å². The number of methoxy groups -OCH3 is 1. The molecule has 0 saturated heterocycles. The van der Waals surface area contributed by atoms with Gasteiger partial charge in [0.05, 0.1) is 12.7 Å². The summed E-state index contributed by atoms with van der Waals surface area (Å²) in [5.74, 6) is -2.53. The average Bonchev–Trinajstić information content (AvgIpc) is 2.96. The van der Waals surface area contributed by atoms with E-state index in [4.69, 9.17) is 16.2 Å². The van der Waals surface area contributed by atoms with Crippen LogP contribution in [0.2, 0.25) is 0 Å². The van der Waals surface area contributed by atoms with Crippen LogP contribution in [0.1, 0.15) is 49.0 Å². The summed E-state index contributed by atoms with van der Waals surface area (Å²) in [5.41, 5.74) is 11.8. The van der Waals surface area contributed by atoms with Crippen molar-refractivity contribution in [3.05, 3.63) is 66.0 Å². The summed E-state index contributed by atoms with van der Waals surface area (Å²) < 4.78 is 4.85. The smallest absolute Gasteiger partial charge is 0.328 e. The molecule has 0 radical (unpaired) electrons. The highest BCUT2D eigenvalue weighted by atomic mass is 16.5. The molecule has 2 rings (SSSR count). The fourth-order valence-corrected chi connectivity index (χ4v) is 3.91. The standard InChI is InChI=1S/C28H39N7O5/c1-4-18(2)23(26(38)33-21(27(39)40-3)13-9-15-32-28(29)30)35-25(37)22(16-19-10-6-5-7-11-19)34-24(36)20-12-8-14-31-17-20/h5-8,10-12,14,17-18,21-23H,4,9,13,15-16H2,1-3H3,(H,33,38)(H,34,36)(H,35,37)(H4,29,30,32)/t18-,21-,22-,23-/m0/s1. The second-order valence-electron chi connectivity index (χ2n) is 9.36. The van der Waals surface area contributed by atoms with Crippen LogP contribution in [0.5, 0.6) is 0 Å². The van der Waals surface area contributed by atoms with E-state index >= 15 is 0 Å².